The highest BCUT2D eigenvalue weighted by molar-refractivity contribution is 8.14. The summed E-state index contributed by atoms with van der Waals surface area (Å²) in [7, 11) is 0. The highest BCUT2D eigenvalue weighted by Gasteiger charge is 2.25. The third-order valence-electron chi connectivity index (χ3n) is 2.13. The molecule has 4 nitrogen and oxygen atoms in total. The summed E-state index contributed by atoms with van der Waals surface area (Å²) in [4.78, 5) is 14.6. The van der Waals surface area contributed by atoms with Gasteiger partial charge in [-0.2, -0.15) is 0 Å². The Morgan fingerprint density at radius 3 is 2.88 bits per heavy atom. The van der Waals surface area contributed by atoms with Crippen LogP contribution in [0.4, 0.5) is 4.39 Å². The maximum atomic E-state index is 13.1. The fourth-order valence-electron chi connectivity index (χ4n) is 1.30. The first-order valence-corrected chi connectivity index (χ1v) is 5.49. The molecular formula is C10H8FNO3S. The van der Waals surface area contributed by atoms with E-state index in [1.54, 1.807) is 0 Å². The number of phenols is 1. The second-order valence-electron chi connectivity index (χ2n) is 3.27. The van der Waals surface area contributed by atoms with Gasteiger partial charge in [0.25, 0.3) is 0 Å². The van der Waals surface area contributed by atoms with Crippen molar-refractivity contribution in [1.82, 2.24) is 0 Å². The molecule has 1 aromatic carbocycles. The van der Waals surface area contributed by atoms with Gasteiger partial charge >= 0.3 is 5.97 Å². The maximum Gasteiger partial charge on any atom is 0.329 e. The Labute approximate surface area is 94.8 Å². The van der Waals surface area contributed by atoms with Crippen molar-refractivity contribution in [3.63, 3.8) is 0 Å². The second-order valence-corrected chi connectivity index (χ2v) is 4.27. The smallest absolute Gasteiger partial charge is 0.329 e. The number of phenolic OH excluding ortho intramolecular Hbond substituents is 1. The largest absolute Gasteiger partial charge is 0.505 e. The molecule has 0 spiro atoms. The molecule has 0 saturated heterocycles. The standard InChI is InChI=1S/C10H8FNO3S/c11-6-3-5(1-2-8(6)13)9-12-7(4-16-9)10(14)15/h1-3,7,13H,4H2,(H,14,15). The van der Waals surface area contributed by atoms with Gasteiger partial charge in [-0.25, -0.2) is 9.18 Å². The molecule has 1 aliphatic rings. The summed E-state index contributed by atoms with van der Waals surface area (Å²) in [5.41, 5.74) is 0.490. The number of rotatable bonds is 2. The van der Waals surface area contributed by atoms with Crippen molar-refractivity contribution in [3.05, 3.63) is 29.6 Å². The van der Waals surface area contributed by atoms with E-state index in [-0.39, 0.29) is 0 Å². The van der Waals surface area contributed by atoms with Gasteiger partial charge in [-0.05, 0) is 18.2 Å². The second kappa shape index (κ2) is 4.13. The molecule has 0 aromatic heterocycles. The van der Waals surface area contributed by atoms with Crippen LogP contribution >= 0.6 is 11.8 Å². The molecule has 6 heteroatoms. The van der Waals surface area contributed by atoms with Crippen molar-refractivity contribution >= 4 is 22.8 Å². The molecule has 0 saturated carbocycles. The lowest BCUT2D eigenvalue weighted by atomic mass is 10.2. The molecule has 0 radical (unpaired) electrons. The number of halogens is 1. The van der Waals surface area contributed by atoms with Crippen LogP contribution in [-0.2, 0) is 4.79 Å². The number of hydrogen-bond acceptors (Lipinski definition) is 4. The van der Waals surface area contributed by atoms with E-state index < -0.39 is 23.6 Å². The van der Waals surface area contributed by atoms with E-state index >= 15 is 0 Å². The van der Waals surface area contributed by atoms with Crippen LogP contribution in [0, 0.1) is 5.82 Å². The Bertz CT molecular complexity index is 475. The van der Waals surface area contributed by atoms with Gasteiger partial charge in [0.05, 0.1) is 5.04 Å². The van der Waals surface area contributed by atoms with Crippen LogP contribution < -0.4 is 0 Å². The van der Waals surface area contributed by atoms with E-state index in [1.165, 1.54) is 23.9 Å². The van der Waals surface area contributed by atoms with Gasteiger partial charge in [-0.15, -0.1) is 11.8 Å². The van der Waals surface area contributed by atoms with E-state index in [2.05, 4.69) is 4.99 Å². The van der Waals surface area contributed by atoms with Crippen LogP contribution in [0.1, 0.15) is 5.56 Å². The number of carboxylic acids is 1. The van der Waals surface area contributed by atoms with Gasteiger partial charge in [0, 0.05) is 11.3 Å². The third-order valence-corrected chi connectivity index (χ3v) is 3.23. The minimum Gasteiger partial charge on any atom is -0.505 e. The summed E-state index contributed by atoms with van der Waals surface area (Å²) >= 11 is 1.27. The van der Waals surface area contributed by atoms with E-state index in [0.29, 0.717) is 16.4 Å². The highest BCUT2D eigenvalue weighted by Crippen LogP contribution is 2.26. The molecule has 1 unspecified atom stereocenters. The molecule has 16 heavy (non-hydrogen) atoms. The molecule has 0 aliphatic carbocycles. The first kappa shape index (κ1) is 10.9. The fraction of sp³-hybridized carbons (Fsp3) is 0.200. The average molecular weight is 241 g/mol. The Balaban J connectivity index is 2.29. The maximum absolute atomic E-state index is 13.1. The average Bonchev–Trinajstić information content (AvgIpc) is 2.71. The number of hydrogen-bond donors (Lipinski definition) is 2. The van der Waals surface area contributed by atoms with Crippen molar-refractivity contribution in [2.45, 2.75) is 6.04 Å². The molecule has 84 valence electrons. The summed E-state index contributed by atoms with van der Waals surface area (Å²) in [5, 5.41) is 18.2. The van der Waals surface area contributed by atoms with Crippen molar-refractivity contribution in [3.8, 4) is 5.75 Å². The highest BCUT2D eigenvalue weighted by atomic mass is 32.2. The van der Waals surface area contributed by atoms with Crippen LogP contribution in [0.25, 0.3) is 0 Å². The molecule has 2 rings (SSSR count). The van der Waals surface area contributed by atoms with Crippen molar-refractivity contribution in [2.24, 2.45) is 4.99 Å². The van der Waals surface area contributed by atoms with E-state index in [1.807, 2.05) is 0 Å². The Kier molecular flexibility index (Phi) is 2.82. The SMILES string of the molecule is O=C(O)C1CSC(c2ccc(O)c(F)c2)=N1. The number of benzene rings is 1. The van der Waals surface area contributed by atoms with Gasteiger partial charge in [0.15, 0.2) is 17.6 Å². The first-order chi connectivity index (χ1) is 7.58. The summed E-state index contributed by atoms with van der Waals surface area (Å²) < 4.78 is 13.1. The van der Waals surface area contributed by atoms with Crippen molar-refractivity contribution < 1.29 is 19.4 Å². The minimum atomic E-state index is -0.984. The molecule has 0 bridgehead atoms. The summed E-state index contributed by atoms with van der Waals surface area (Å²) in [6.07, 6.45) is 0. The normalized spacial score (nSPS) is 19.6. The number of aliphatic carboxylic acids is 1. The molecule has 1 aromatic rings. The van der Waals surface area contributed by atoms with E-state index in [4.69, 9.17) is 10.2 Å². The summed E-state index contributed by atoms with van der Waals surface area (Å²) in [6, 6.07) is 3.11. The van der Waals surface area contributed by atoms with Crippen molar-refractivity contribution in [1.29, 1.82) is 0 Å². The first-order valence-electron chi connectivity index (χ1n) is 4.50. The lowest BCUT2D eigenvalue weighted by molar-refractivity contribution is -0.137. The van der Waals surface area contributed by atoms with Crippen LogP contribution in [0.15, 0.2) is 23.2 Å². The lowest BCUT2D eigenvalue weighted by Gasteiger charge is -2.00. The Morgan fingerprint density at radius 2 is 2.31 bits per heavy atom. The fourth-order valence-corrected chi connectivity index (χ4v) is 2.33. The molecule has 1 aliphatic heterocycles. The lowest BCUT2D eigenvalue weighted by Crippen LogP contribution is -2.17. The molecule has 1 heterocycles. The number of aliphatic imine (C=N–C) groups is 1. The Morgan fingerprint density at radius 1 is 1.56 bits per heavy atom. The Hall–Kier alpha value is -1.56. The van der Waals surface area contributed by atoms with Crippen LogP contribution in [-0.4, -0.2) is 33.0 Å². The molecule has 1 atom stereocenters. The zero-order valence-electron chi connectivity index (χ0n) is 8.05. The molecule has 0 fully saturated rings. The molecule has 2 N–H and O–H groups in total. The van der Waals surface area contributed by atoms with Crippen LogP contribution in [0.5, 0.6) is 5.75 Å². The van der Waals surface area contributed by atoms with E-state index in [0.717, 1.165) is 6.07 Å². The number of carboxylic acid groups (broad SMARTS) is 1. The summed E-state index contributed by atoms with van der Waals surface area (Å²) in [6.45, 7) is 0. The van der Waals surface area contributed by atoms with Crippen LogP contribution in [0.3, 0.4) is 0 Å². The van der Waals surface area contributed by atoms with Gasteiger partial charge in [-0.3, -0.25) is 4.99 Å². The zero-order chi connectivity index (χ0) is 11.7. The topological polar surface area (TPSA) is 69.9 Å². The van der Waals surface area contributed by atoms with Gasteiger partial charge in [0.1, 0.15) is 0 Å². The zero-order valence-corrected chi connectivity index (χ0v) is 8.87. The predicted molar refractivity (Wildman–Crippen MR) is 58.5 cm³/mol. The van der Waals surface area contributed by atoms with Gasteiger partial charge in [-0.1, -0.05) is 0 Å². The van der Waals surface area contributed by atoms with Gasteiger partial charge in [0.2, 0.25) is 0 Å². The number of aromatic hydroxyl groups is 1. The molecule has 0 amide bonds. The van der Waals surface area contributed by atoms with E-state index in [9.17, 15) is 9.18 Å². The van der Waals surface area contributed by atoms with Crippen LogP contribution in [0.2, 0.25) is 0 Å². The van der Waals surface area contributed by atoms with Gasteiger partial charge < -0.3 is 10.2 Å². The number of nitrogens with zero attached hydrogens (tertiary/aromatic N) is 1. The monoisotopic (exact) mass is 241 g/mol. The van der Waals surface area contributed by atoms with Crippen molar-refractivity contribution in [2.75, 3.05) is 5.75 Å². The third kappa shape index (κ3) is 2.01. The summed E-state index contributed by atoms with van der Waals surface area (Å²) in [5.74, 6) is -1.80. The number of carbonyl (C=O) groups is 1. The quantitative estimate of drug-likeness (QED) is 0.822. The number of thioether (sulfide) groups is 1. The minimum absolute atomic E-state index is 0.354. The predicted octanol–water partition coefficient (Wildman–Crippen LogP) is 1.48. The molecular weight excluding hydrogens is 233 g/mol.